The van der Waals surface area contributed by atoms with Gasteiger partial charge in [0, 0.05) is 23.1 Å². The normalized spacial score (nSPS) is 10.1. The number of nitrogens with one attached hydrogen (secondary N) is 3. The van der Waals surface area contributed by atoms with E-state index in [2.05, 4.69) is 20.8 Å². The lowest BCUT2D eigenvalue weighted by atomic mass is 10.1. The fourth-order valence-electron chi connectivity index (χ4n) is 2.00. The van der Waals surface area contributed by atoms with Crippen molar-refractivity contribution in [1.29, 1.82) is 0 Å². The lowest BCUT2D eigenvalue weighted by molar-refractivity contribution is 0.262. The zero-order valence-corrected chi connectivity index (χ0v) is 11.2. The van der Waals surface area contributed by atoms with E-state index in [1.807, 2.05) is 60.7 Å². The maximum atomic E-state index is 11.9. The molecular formula is C16H14N4O. The molecule has 0 unspecified atom stereocenters. The number of carbonyl (C=O) groups is 1. The molecule has 0 spiro atoms. The maximum absolute atomic E-state index is 11.9. The highest BCUT2D eigenvalue weighted by molar-refractivity contribution is 6.00. The Morgan fingerprint density at radius 2 is 1.67 bits per heavy atom. The van der Waals surface area contributed by atoms with Crippen LogP contribution in [0, 0.1) is 0 Å². The van der Waals surface area contributed by atoms with Gasteiger partial charge in [0.15, 0.2) is 0 Å². The fraction of sp³-hybridized carbons (Fsp3) is 0. The minimum atomic E-state index is -0.275. The Kier molecular flexibility index (Phi) is 3.64. The molecule has 5 heteroatoms. The van der Waals surface area contributed by atoms with Gasteiger partial charge in [0.05, 0.1) is 5.69 Å². The highest BCUT2D eigenvalue weighted by atomic mass is 16.2. The number of rotatable bonds is 3. The minimum Gasteiger partial charge on any atom is -0.308 e. The summed E-state index contributed by atoms with van der Waals surface area (Å²) in [6, 6.07) is 18.5. The van der Waals surface area contributed by atoms with Crippen LogP contribution in [0.25, 0.3) is 11.3 Å². The standard InChI is InChI=1S/C16H14N4O/c21-16(18-13-6-2-1-3-7-13)19-14-8-4-5-12(11-14)15-9-10-17-20-15/h1-11H,(H,17,20)(H2,18,19,21). The Balaban J connectivity index is 1.70. The molecule has 1 aromatic heterocycles. The quantitative estimate of drug-likeness (QED) is 0.683. The number of urea groups is 1. The van der Waals surface area contributed by atoms with E-state index in [1.54, 1.807) is 6.20 Å². The van der Waals surface area contributed by atoms with E-state index in [1.165, 1.54) is 0 Å². The second kappa shape index (κ2) is 5.92. The molecule has 0 atom stereocenters. The number of H-pyrrole nitrogens is 1. The third-order valence-electron chi connectivity index (χ3n) is 2.96. The van der Waals surface area contributed by atoms with Gasteiger partial charge in [-0.15, -0.1) is 0 Å². The van der Waals surface area contributed by atoms with Gasteiger partial charge in [-0.1, -0.05) is 30.3 Å². The number of nitrogens with zero attached hydrogens (tertiary/aromatic N) is 1. The molecule has 0 aliphatic heterocycles. The SMILES string of the molecule is O=C(Nc1ccccc1)Nc1cccc(-c2ccn[nH]2)c1. The van der Waals surface area contributed by atoms with E-state index in [0.717, 1.165) is 22.6 Å². The van der Waals surface area contributed by atoms with Crippen LogP contribution in [0.1, 0.15) is 0 Å². The summed E-state index contributed by atoms with van der Waals surface area (Å²) in [6.45, 7) is 0. The maximum Gasteiger partial charge on any atom is 0.323 e. The van der Waals surface area contributed by atoms with Crippen molar-refractivity contribution in [2.24, 2.45) is 0 Å². The van der Waals surface area contributed by atoms with E-state index < -0.39 is 0 Å². The van der Waals surface area contributed by atoms with Gasteiger partial charge in [0.25, 0.3) is 0 Å². The summed E-state index contributed by atoms with van der Waals surface area (Å²) in [5.74, 6) is 0. The Morgan fingerprint density at radius 3 is 2.43 bits per heavy atom. The van der Waals surface area contributed by atoms with Gasteiger partial charge in [-0.25, -0.2) is 4.79 Å². The van der Waals surface area contributed by atoms with Gasteiger partial charge >= 0.3 is 6.03 Å². The Bertz CT molecular complexity index is 723. The highest BCUT2D eigenvalue weighted by Crippen LogP contribution is 2.20. The molecule has 0 fully saturated rings. The van der Waals surface area contributed by atoms with Crippen molar-refractivity contribution < 1.29 is 4.79 Å². The predicted octanol–water partition coefficient (Wildman–Crippen LogP) is 3.72. The molecule has 0 bridgehead atoms. The van der Waals surface area contributed by atoms with Crippen molar-refractivity contribution in [2.45, 2.75) is 0 Å². The Hall–Kier alpha value is -3.08. The summed E-state index contributed by atoms with van der Waals surface area (Å²) in [5.41, 5.74) is 3.34. The molecule has 2 amide bonds. The number of aromatic nitrogens is 2. The average molecular weight is 278 g/mol. The van der Waals surface area contributed by atoms with Crippen LogP contribution in [-0.4, -0.2) is 16.2 Å². The fourth-order valence-corrected chi connectivity index (χ4v) is 2.00. The molecule has 3 N–H and O–H groups in total. The van der Waals surface area contributed by atoms with Crippen LogP contribution in [0.15, 0.2) is 66.9 Å². The molecular weight excluding hydrogens is 264 g/mol. The van der Waals surface area contributed by atoms with Gasteiger partial charge in [0.2, 0.25) is 0 Å². The molecule has 5 nitrogen and oxygen atoms in total. The largest absolute Gasteiger partial charge is 0.323 e. The van der Waals surface area contributed by atoms with Crippen molar-refractivity contribution in [3.05, 3.63) is 66.9 Å². The number of para-hydroxylation sites is 1. The van der Waals surface area contributed by atoms with Crippen molar-refractivity contribution in [1.82, 2.24) is 10.2 Å². The van der Waals surface area contributed by atoms with Gasteiger partial charge < -0.3 is 10.6 Å². The van der Waals surface area contributed by atoms with E-state index in [0.29, 0.717) is 0 Å². The zero-order chi connectivity index (χ0) is 14.5. The summed E-state index contributed by atoms with van der Waals surface area (Å²) in [6.07, 6.45) is 1.69. The highest BCUT2D eigenvalue weighted by Gasteiger charge is 2.04. The summed E-state index contributed by atoms with van der Waals surface area (Å²) < 4.78 is 0. The lowest BCUT2D eigenvalue weighted by Gasteiger charge is -2.08. The molecule has 1 heterocycles. The number of amides is 2. The molecule has 2 aromatic carbocycles. The number of anilines is 2. The molecule has 104 valence electrons. The molecule has 0 radical (unpaired) electrons. The monoisotopic (exact) mass is 278 g/mol. The van der Waals surface area contributed by atoms with Crippen LogP contribution in [0.5, 0.6) is 0 Å². The van der Waals surface area contributed by atoms with Crippen LogP contribution in [0.4, 0.5) is 16.2 Å². The summed E-state index contributed by atoms with van der Waals surface area (Å²) in [5, 5.41) is 12.4. The van der Waals surface area contributed by atoms with Gasteiger partial charge in [-0.2, -0.15) is 5.10 Å². The van der Waals surface area contributed by atoms with Crippen LogP contribution in [-0.2, 0) is 0 Å². The second-order valence-corrected chi connectivity index (χ2v) is 4.50. The summed E-state index contributed by atoms with van der Waals surface area (Å²) >= 11 is 0. The van der Waals surface area contributed by atoms with Gasteiger partial charge in [0.1, 0.15) is 0 Å². The van der Waals surface area contributed by atoms with Crippen LogP contribution in [0.2, 0.25) is 0 Å². The predicted molar refractivity (Wildman–Crippen MR) is 83.1 cm³/mol. The molecule has 0 saturated carbocycles. The first-order valence-corrected chi connectivity index (χ1v) is 6.54. The van der Waals surface area contributed by atoms with Crippen molar-refractivity contribution in [3.63, 3.8) is 0 Å². The smallest absolute Gasteiger partial charge is 0.308 e. The molecule has 3 aromatic rings. The first-order valence-electron chi connectivity index (χ1n) is 6.54. The number of hydrogen-bond acceptors (Lipinski definition) is 2. The first kappa shape index (κ1) is 12.9. The third-order valence-corrected chi connectivity index (χ3v) is 2.96. The summed E-state index contributed by atoms with van der Waals surface area (Å²) in [4.78, 5) is 11.9. The number of carbonyl (C=O) groups excluding carboxylic acids is 1. The Labute approximate surface area is 122 Å². The number of aromatic amines is 1. The van der Waals surface area contributed by atoms with Gasteiger partial charge in [-0.3, -0.25) is 5.10 Å². The topological polar surface area (TPSA) is 69.8 Å². The molecule has 3 rings (SSSR count). The lowest BCUT2D eigenvalue weighted by Crippen LogP contribution is -2.19. The zero-order valence-electron chi connectivity index (χ0n) is 11.2. The van der Waals surface area contributed by atoms with Crippen molar-refractivity contribution >= 4 is 17.4 Å². The third kappa shape index (κ3) is 3.27. The first-order chi connectivity index (χ1) is 10.3. The minimum absolute atomic E-state index is 0.275. The van der Waals surface area contributed by atoms with Crippen LogP contribution < -0.4 is 10.6 Å². The number of benzene rings is 2. The molecule has 0 aliphatic rings. The molecule has 0 saturated heterocycles. The van der Waals surface area contributed by atoms with E-state index in [-0.39, 0.29) is 6.03 Å². The van der Waals surface area contributed by atoms with Gasteiger partial charge in [-0.05, 0) is 30.3 Å². The van der Waals surface area contributed by atoms with Crippen LogP contribution >= 0.6 is 0 Å². The second-order valence-electron chi connectivity index (χ2n) is 4.50. The van der Waals surface area contributed by atoms with Crippen molar-refractivity contribution in [3.8, 4) is 11.3 Å². The van der Waals surface area contributed by atoms with Crippen molar-refractivity contribution in [2.75, 3.05) is 10.6 Å². The molecule has 21 heavy (non-hydrogen) atoms. The van der Waals surface area contributed by atoms with E-state index in [9.17, 15) is 4.79 Å². The van der Waals surface area contributed by atoms with E-state index in [4.69, 9.17) is 0 Å². The van der Waals surface area contributed by atoms with E-state index >= 15 is 0 Å². The summed E-state index contributed by atoms with van der Waals surface area (Å²) in [7, 11) is 0. The average Bonchev–Trinajstić information content (AvgIpc) is 3.02. The molecule has 0 aliphatic carbocycles. The number of hydrogen-bond donors (Lipinski definition) is 3. The Morgan fingerprint density at radius 1 is 0.905 bits per heavy atom. The van der Waals surface area contributed by atoms with Crippen LogP contribution in [0.3, 0.4) is 0 Å².